The number of halogens is 2. The highest BCUT2D eigenvalue weighted by Crippen LogP contribution is 2.22. The number of amides is 1. The second kappa shape index (κ2) is 7.53. The van der Waals surface area contributed by atoms with E-state index in [-0.39, 0.29) is 5.91 Å². The standard InChI is InChI=1S/C18H18Cl2N2O/c1-11-4-6-14(9-16(11)19)21-13(3)8-18(23)22-15-7-5-12(2)17(20)10-15/h4-10,21H,1-3H3,(H,22,23). The Morgan fingerprint density at radius 3 is 1.87 bits per heavy atom. The topological polar surface area (TPSA) is 41.1 Å². The molecule has 2 aromatic rings. The number of carbonyl (C=O) groups is 1. The number of allylic oxidation sites excluding steroid dienone is 1. The summed E-state index contributed by atoms with van der Waals surface area (Å²) in [7, 11) is 0. The van der Waals surface area contributed by atoms with Crippen LogP contribution in [0.3, 0.4) is 0 Å². The highest BCUT2D eigenvalue weighted by molar-refractivity contribution is 6.32. The minimum atomic E-state index is -0.229. The second-order valence-corrected chi connectivity index (χ2v) is 6.18. The van der Waals surface area contributed by atoms with Crippen LogP contribution in [0.2, 0.25) is 10.0 Å². The smallest absolute Gasteiger partial charge is 0.250 e. The first kappa shape index (κ1) is 17.4. The van der Waals surface area contributed by atoms with Crippen molar-refractivity contribution in [2.24, 2.45) is 0 Å². The lowest BCUT2D eigenvalue weighted by Gasteiger charge is -2.09. The average Bonchev–Trinajstić information content (AvgIpc) is 2.46. The van der Waals surface area contributed by atoms with Gasteiger partial charge in [0.25, 0.3) is 0 Å². The molecule has 0 aromatic heterocycles. The van der Waals surface area contributed by atoms with Crippen LogP contribution in [0.4, 0.5) is 11.4 Å². The lowest BCUT2D eigenvalue weighted by Crippen LogP contribution is -2.10. The predicted molar refractivity (Wildman–Crippen MR) is 98.4 cm³/mol. The summed E-state index contributed by atoms with van der Waals surface area (Å²) in [4.78, 5) is 12.0. The lowest BCUT2D eigenvalue weighted by atomic mass is 10.2. The van der Waals surface area contributed by atoms with Crippen molar-refractivity contribution in [2.75, 3.05) is 10.6 Å². The molecule has 0 fully saturated rings. The molecule has 0 heterocycles. The molecule has 0 saturated carbocycles. The monoisotopic (exact) mass is 348 g/mol. The molecule has 2 aromatic carbocycles. The molecule has 0 atom stereocenters. The number of hydrogen-bond donors (Lipinski definition) is 2. The summed E-state index contributed by atoms with van der Waals surface area (Å²) < 4.78 is 0. The van der Waals surface area contributed by atoms with Crippen LogP contribution in [0.1, 0.15) is 18.1 Å². The summed E-state index contributed by atoms with van der Waals surface area (Å²) in [5.74, 6) is -0.229. The van der Waals surface area contributed by atoms with Gasteiger partial charge < -0.3 is 10.6 Å². The van der Waals surface area contributed by atoms with Gasteiger partial charge in [-0.2, -0.15) is 0 Å². The van der Waals surface area contributed by atoms with Crippen LogP contribution in [-0.2, 0) is 4.79 Å². The van der Waals surface area contributed by atoms with E-state index in [1.807, 2.05) is 51.1 Å². The van der Waals surface area contributed by atoms with Gasteiger partial charge in [0.05, 0.1) is 0 Å². The Kier molecular flexibility index (Phi) is 5.69. The third-order valence-electron chi connectivity index (χ3n) is 3.30. The van der Waals surface area contributed by atoms with Crippen LogP contribution in [0, 0.1) is 13.8 Å². The normalized spacial score (nSPS) is 11.3. The van der Waals surface area contributed by atoms with Crippen LogP contribution in [0.15, 0.2) is 48.2 Å². The predicted octanol–water partition coefficient (Wildman–Crippen LogP) is 5.56. The molecule has 0 saturated heterocycles. The number of aryl methyl sites for hydroxylation is 2. The number of hydrogen-bond acceptors (Lipinski definition) is 2. The van der Waals surface area contributed by atoms with E-state index in [0.717, 1.165) is 16.8 Å². The highest BCUT2D eigenvalue weighted by Gasteiger charge is 2.03. The molecule has 2 rings (SSSR count). The summed E-state index contributed by atoms with van der Waals surface area (Å²) >= 11 is 12.1. The summed E-state index contributed by atoms with van der Waals surface area (Å²) in [6.45, 7) is 5.67. The Bertz CT molecular complexity index is 770. The Morgan fingerprint density at radius 1 is 0.913 bits per heavy atom. The summed E-state index contributed by atoms with van der Waals surface area (Å²) in [6.07, 6.45) is 1.49. The van der Waals surface area contributed by atoms with Crippen molar-refractivity contribution in [2.45, 2.75) is 20.8 Å². The zero-order valence-corrected chi connectivity index (χ0v) is 14.7. The van der Waals surface area contributed by atoms with Crippen LogP contribution >= 0.6 is 23.2 Å². The van der Waals surface area contributed by atoms with E-state index < -0.39 is 0 Å². The van der Waals surface area contributed by atoms with Gasteiger partial charge in [0.2, 0.25) is 5.91 Å². The molecule has 0 spiro atoms. The molecular weight excluding hydrogens is 331 g/mol. The quantitative estimate of drug-likeness (QED) is 0.709. The van der Waals surface area contributed by atoms with Gasteiger partial charge in [-0.05, 0) is 56.2 Å². The van der Waals surface area contributed by atoms with E-state index in [9.17, 15) is 4.79 Å². The van der Waals surface area contributed by atoms with Crippen LogP contribution in [-0.4, -0.2) is 5.91 Å². The Labute approximate surface area is 146 Å². The van der Waals surface area contributed by atoms with Gasteiger partial charge in [-0.3, -0.25) is 4.79 Å². The average molecular weight is 349 g/mol. The van der Waals surface area contributed by atoms with E-state index in [4.69, 9.17) is 23.2 Å². The number of benzene rings is 2. The van der Waals surface area contributed by atoms with Crippen molar-refractivity contribution < 1.29 is 4.79 Å². The zero-order chi connectivity index (χ0) is 17.0. The fourth-order valence-corrected chi connectivity index (χ4v) is 2.34. The second-order valence-electron chi connectivity index (χ2n) is 5.37. The minimum Gasteiger partial charge on any atom is -0.359 e. The molecule has 3 nitrogen and oxygen atoms in total. The van der Waals surface area contributed by atoms with Crippen molar-refractivity contribution in [1.29, 1.82) is 0 Å². The van der Waals surface area contributed by atoms with E-state index in [1.54, 1.807) is 6.07 Å². The first-order chi connectivity index (χ1) is 10.8. The van der Waals surface area contributed by atoms with Gasteiger partial charge in [-0.25, -0.2) is 0 Å². The first-order valence-corrected chi connectivity index (χ1v) is 7.89. The number of nitrogens with one attached hydrogen (secondary N) is 2. The molecule has 0 aliphatic heterocycles. The Balaban J connectivity index is 2.03. The van der Waals surface area contributed by atoms with Gasteiger partial charge in [-0.1, -0.05) is 35.3 Å². The Hall–Kier alpha value is -1.97. The summed E-state index contributed by atoms with van der Waals surface area (Å²) in [5, 5.41) is 7.22. The minimum absolute atomic E-state index is 0.229. The molecule has 0 radical (unpaired) electrons. The number of rotatable bonds is 4. The van der Waals surface area contributed by atoms with Crippen LogP contribution in [0.5, 0.6) is 0 Å². The molecule has 120 valence electrons. The fourth-order valence-electron chi connectivity index (χ4n) is 1.98. The van der Waals surface area contributed by atoms with Crippen molar-refractivity contribution in [3.63, 3.8) is 0 Å². The number of anilines is 2. The molecule has 2 N–H and O–H groups in total. The van der Waals surface area contributed by atoms with E-state index in [0.29, 0.717) is 21.4 Å². The molecule has 0 aliphatic carbocycles. The van der Waals surface area contributed by atoms with Gasteiger partial charge >= 0.3 is 0 Å². The van der Waals surface area contributed by atoms with Crippen LogP contribution in [0.25, 0.3) is 0 Å². The maximum Gasteiger partial charge on any atom is 0.250 e. The van der Waals surface area contributed by atoms with Crippen molar-refractivity contribution in [1.82, 2.24) is 0 Å². The van der Waals surface area contributed by atoms with E-state index in [1.165, 1.54) is 6.08 Å². The maximum absolute atomic E-state index is 12.0. The van der Waals surface area contributed by atoms with Crippen molar-refractivity contribution in [3.05, 3.63) is 69.3 Å². The molecule has 23 heavy (non-hydrogen) atoms. The first-order valence-electron chi connectivity index (χ1n) is 7.14. The van der Waals surface area contributed by atoms with Gasteiger partial charge in [-0.15, -0.1) is 0 Å². The molecule has 0 unspecified atom stereocenters. The number of carbonyl (C=O) groups excluding carboxylic acids is 1. The molecule has 0 aliphatic rings. The van der Waals surface area contributed by atoms with Crippen molar-refractivity contribution >= 4 is 40.5 Å². The fraction of sp³-hybridized carbons (Fsp3) is 0.167. The lowest BCUT2D eigenvalue weighted by molar-refractivity contribution is -0.111. The third kappa shape index (κ3) is 5.02. The van der Waals surface area contributed by atoms with Crippen LogP contribution < -0.4 is 10.6 Å². The highest BCUT2D eigenvalue weighted by atomic mass is 35.5. The van der Waals surface area contributed by atoms with Crippen molar-refractivity contribution in [3.8, 4) is 0 Å². The van der Waals surface area contributed by atoms with Gasteiger partial charge in [0.15, 0.2) is 0 Å². The SMILES string of the molecule is CC(=CC(=O)Nc1ccc(C)c(Cl)c1)Nc1ccc(C)c(Cl)c1. The zero-order valence-electron chi connectivity index (χ0n) is 13.2. The molecule has 5 heteroatoms. The summed E-state index contributed by atoms with van der Waals surface area (Å²) in [5.41, 5.74) is 4.18. The largest absolute Gasteiger partial charge is 0.359 e. The summed E-state index contributed by atoms with van der Waals surface area (Å²) in [6, 6.07) is 11.1. The van der Waals surface area contributed by atoms with E-state index in [2.05, 4.69) is 10.6 Å². The van der Waals surface area contributed by atoms with E-state index >= 15 is 0 Å². The Morgan fingerprint density at radius 2 is 1.39 bits per heavy atom. The maximum atomic E-state index is 12.0. The third-order valence-corrected chi connectivity index (χ3v) is 4.11. The molecular formula is C18H18Cl2N2O. The van der Waals surface area contributed by atoms with Gasteiger partial charge in [0, 0.05) is 33.2 Å². The molecule has 1 amide bonds. The molecule has 0 bridgehead atoms. The van der Waals surface area contributed by atoms with Gasteiger partial charge in [0.1, 0.15) is 0 Å².